The average Bonchev–Trinajstić information content (AvgIpc) is 2.15. The Kier molecular flexibility index (Phi) is 3.77. The zero-order valence-corrected chi connectivity index (χ0v) is 10.2. The van der Waals surface area contributed by atoms with E-state index in [4.69, 9.17) is 11.6 Å². The summed E-state index contributed by atoms with van der Waals surface area (Å²) in [5.41, 5.74) is 1.25. The molecule has 3 nitrogen and oxygen atoms in total. The fraction of sp³-hybridized carbons (Fsp3) is 0.222. The van der Waals surface area contributed by atoms with Crippen molar-refractivity contribution < 1.29 is 4.79 Å². The number of halogens is 2. The number of carbonyl (C=O) groups is 1. The van der Waals surface area contributed by atoms with E-state index in [0.717, 1.165) is 10.2 Å². The third-order valence-corrected chi connectivity index (χ3v) is 2.62. The van der Waals surface area contributed by atoms with Crippen LogP contribution in [0, 0.1) is 0 Å². The Morgan fingerprint density at radius 1 is 1.43 bits per heavy atom. The molecule has 1 amide bonds. The highest BCUT2D eigenvalue weighted by molar-refractivity contribution is 9.10. The molecule has 0 radical (unpaired) electrons. The normalized spacial score (nSPS) is 9.71. The summed E-state index contributed by atoms with van der Waals surface area (Å²) in [4.78, 5) is 11.5. The van der Waals surface area contributed by atoms with Gasteiger partial charge in [0.25, 0.3) is 5.91 Å². The van der Waals surface area contributed by atoms with Gasteiger partial charge in [-0.1, -0.05) is 11.6 Å². The van der Waals surface area contributed by atoms with Crippen molar-refractivity contribution in [1.29, 1.82) is 0 Å². The quantitative estimate of drug-likeness (QED) is 0.872. The second kappa shape index (κ2) is 4.66. The molecule has 2 N–H and O–H groups in total. The first-order chi connectivity index (χ1) is 6.60. The Morgan fingerprint density at radius 2 is 2.07 bits per heavy atom. The Morgan fingerprint density at radius 3 is 2.57 bits per heavy atom. The maximum atomic E-state index is 11.5. The lowest BCUT2D eigenvalue weighted by atomic mass is 10.1. The Bertz CT molecular complexity index is 368. The van der Waals surface area contributed by atoms with E-state index in [-0.39, 0.29) is 5.91 Å². The fourth-order valence-corrected chi connectivity index (χ4v) is 2.15. The molecule has 0 fully saturated rings. The molecular weight excluding hydrogens is 267 g/mol. The molecule has 76 valence electrons. The number of benzene rings is 1. The SMILES string of the molecule is CNC(=O)c1cc(Cl)cc(Br)c1NC. The maximum absolute atomic E-state index is 11.5. The molecule has 1 rings (SSSR count). The molecule has 0 atom stereocenters. The Hall–Kier alpha value is -0.740. The van der Waals surface area contributed by atoms with Gasteiger partial charge in [0.05, 0.1) is 11.3 Å². The van der Waals surface area contributed by atoms with Crippen LogP contribution in [0.5, 0.6) is 0 Å². The summed E-state index contributed by atoms with van der Waals surface area (Å²) in [5.74, 6) is -0.169. The zero-order valence-electron chi connectivity index (χ0n) is 7.82. The summed E-state index contributed by atoms with van der Waals surface area (Å²) in [6, 6.07) is 3.36. The first-order valence-corrected chi connectivity index (χ1v) is 5.16. The second-order valence-corrected chi connectivity index (χ2v) is 3.93. The molecule has 0 spiro atoms. The standard InChI is InChI=1S/C9H10BrClN2O/c1-12-8-6(9(14)13-2)3-5(11)4-7(8)10/h3-4,12H,1-2H3,(H,13,14). The summed E-state index contributed by atoms with van der Waals surface area (Å²) < 4.78 is 0.770. The lowest BCUT2D eigenvalue weighted by Gasteiger charge is -2.10. The largest absolute Gasteiger partial charge is 0.387 e. The van der Waals surface area contributed by atoms with Gasteiger partial charge in [-0.25, -0.2) is 0 Å². The third kappa shape index (κ3) is 2.19. The monoisotopic (exact) mass is 276 g/mol. The van der Waals surface area contributed by atoms with Gasteiger partial charge in [0.15, 0.2) is 0 Å². The van der Waals surface area contributed by atoms with E-state index in [0.29, 0.717) is 10.6 Å². The smallest absolute Gasteiger partial charge is 0.253 e. The van der Waals surface area contributed by atoms with Gasteiger partial charge in [0, 0.05) is 23.6 Å². The van der Waals surface area contributed by atoms with E-state index in [2.05, 4.69) is 26.6 Å². The van der Waals surface area contributed by atoms with E-state index in [1.165, 1.54) is 0 Å². The molecule has 1 aromatic rings. The predicted molar refractivity (Wildman–Crippen MR) is 62.1 cm³/mol. The van der Waals surface area contributed by atoms with Crippen molar-refractivity contribution in [3.8, 4) is 0 Å². The minimum atomic E-state index is -0.169. The molecule has 0 aliphatic heterocycles. The Balaban J connectivity index is 3.32. The van der Waals surface area contributed by atoms with E-state index < -0.39 is 0 Å². The van der Waals surface area contributed by atoms with Crippen LogP contribution in [0.2, 0.25) is 5.02 Å². The molecule has 1 aromatic carbocycles. The first-order valence-electron chi connectivity index (χ1n) is 3.99. The highest BCUT2D eigenvalue weighted by Crippen LogP contribution is 2.30. The van der Waals surface area contributed by atoms with Crippen LogP contribution in [0.3, 0.4) is 0 Å². The van der Waals surface area contributed by atoms with Gasteiger partial charge in [0.2, 0.25) is 0 Å². The Labute approximate surface area is 96.0 Å². The number of rotatable bonds is 2. The second-order valence-electron chi connectivity index (χ2n) is 2.64. The molecular formula is C9H10BrClN2O. The third-order valence-electron chi connectivity index (χ3n) is 1.78. The van der Waals surface area contributed by atoms with Crippen LogP contribution in [0.15, 0.2) is 16.6 Å². The number of amides is 1. The van der Waals surface area contributed by atoms with Gasteiger partial charge in [-0.15, -0.1) is 0 Å². The van der Waals surface area contributed by atoms with Crippen molar-refractivity contribution in [2.75, 3.05) is 19.4 Å². The predicted octanol–water partition coefficient (Wildman–Crippen LogP) is 2.50. The van der Waals surface area contributed by atoms with Crippen LogP contribution in [0.1, 0.15) is 10.4 Å². The molecule has 0 saturated carbocycles. The molecule has 0 bridgehead atoms. The molecule has 0 aliphatic rings. The topological polar surface area (TPSA) is 41.1 Å². The van der Waals surface area contributed by atoms with Crippen LogP contribution < -0.4 is 10.6 Å². The summed E-state index contributed by atoms with van der Waals surface area (Å²) in [7, 11) is 3.33. The van der Waals surface area contributed by atoms with E-state index >= 15 is 0 Å². The van der Waals surface area contributed by atoms with Crippen LogP contribution in [0.4, 0.5) is 5.69 Å². The van der Waals surface area contributed by atoms with Crippen molar-refractivity contribution in [2.45, 2.75) is 0 Å². The van der Waals surface area contributed by atoms with E-state index in [1.807, 2.05) is 0 Å². The number of nitrogens with one attached hydrogen (secondary N) is 2. The van der Waals surface area contributed by atoms with Crippen molar-refractivity contribution in [3.05, 3.63) is 27.2 Å². The van der Waals surface area contributed by atoms with Crippen molar-refractivity contribution in [2.24, 2.45) is 0 Å². The van der Waals surface area contributed by atoms with Crippen molar-refractivity contribution >= 4 is 39.1 Å². The van der Waals surface area contributed by atoms with Gasteiger partial charge in [0.1, 0.15) is 0 Å². The molecule has 14 heavy (non-hydrogen) atoms. The maximum Gasteiger partial charge on any atom is 0.253 e. The molecule has 0 aliphatic carbocycles. The number of hydrogen-bond donors (Lipinski definition) is 2. The zero-order chi connectivity index (χ0) is 10.7. The molecule has 0 unspecified atom stereocenters. The highest BCUT2D eigenvalue weighted by Gasteiger charge is 2.12. The molecule has 0 saturated heterocycles. The minimum Gasteiger partial charge on any atom is -0.387 e. The average molecular weight is 278 g/mol. The van der Waals surface area contributed by atoms with E-state index in [9.17, 15) is 4.79 Å². The van der Waals surface area contributed by atoms with Crippen LogP contribution in [0.25, 0.3) is 0 Å². The van der Waals surface area contributed by atoms with E-state index in [1.54, 1.807) is 26.2 Å². The van der Waals surface area contributed by atoms with Gasteiger partial charge in [-0.3, -0.25) is 4.79 Å². The number of carbonyl (C=O) groups excluding carboxylic acids is 1. The summed E-state index contributed by atoms with van der Waals surface area (Å²) in [5, 5.41) is 6.01. The molecule has 0 heterocycles. The minimum absolute atomic E-state index is 0.169. The summed E-state index contributed by atoms with van der Waals surface area (Å²) >= 11 is 9.17. The van der Waals surface area contributed by atoms with Crippen LogP contribution in [-0.4, -0.2) is 20.0 Å². The lowest BCUT2D eigenvalue weighted by molar-refractivity contribution is 0.0964. The summed E-state index contributed by atoms with van der Waals surface area (Å²) in [6.45, 7) is 0. The number of anilines is 1. The van der Waals surface area contributed by atoms with Gasteiger partial charge in [-0.2, -0.15) is 0 Å². The van der Waals surface area contributed by atoms with Gasteiger partial charge in [-0.05, 0) is 28.1 Å². The van der Waals surface area contributed by atoms with Crippen LogP contribution in [-0.2, 0) is 0 Å². The highest BCUT2D eigenvalue weighted by atomic mass is 79.9. The van der Waals surface area contributed by atoms with Crippen molar-refractivity contribution in [3.63, 3.8) is 0 Å². The molecule has 0 aromatic heterocycles. The van der Waals surface area contributed by atoms with Crippen LogP contribution >= 0.6 is 27.5 Å². The summed E-state index contributed by atoms with van der Waals surface area (Å²) in [6.07, 6.45) is 0. The van der Waals surface area contributed by atoms with Gasteiger partial charge >= 0.3 is 0 Å². The van der Waals surface area contributed by atoms with Gasteiger partial charge < -0.3 is 10.6 Å². The fourth-order valence-electron chi connectivity index (χ4n) is 1.14. The van der Waals surface area contributed by atoms with Crippen molar-refractivity contribution in [1.82, 2.24) is 5.32 Å². The first kappa shape index (κ1) is 11.3. The molecule has 5 heteroatoms. The number of hydrogen-bond acceptors (Lipinski definition) is 2. The lowest BCUT2D eigenvalue weighted by Crippen LogP contribution is -2.19.